The molecule has 1 fully saturated rings. The van der Waals surface area contributed by atoms with Crippen LogP contribution < -0.4 is 19.5 Å². The maximum Gasteiger partial charge on any atom is 0.416 e. The zero-order valence-electron chi connectivity index (χ0n) is 21.6. The van der Waals surface area contributed by atoms with Crippen LogP contribution in [0.5, 0.6) is 17.2 Å². The van der Waals surface area contributed by atoms with Gasteiger partial charge in [0, 0.05) is 5.02 Å². The van der Waals surface area contributed by atoms with Gasteiger partial charge in [0.1, 0.15) is 18.9 Å². The molecular formula is C28H22ClF3N2O6S. The molecule has 214 valence electrons. The molecule has 3 aromatic rings. The van der Waals surface area contributed by atoms with Crippen molar-refractivity contribution in [2.24, 2.45) is 0 Å². The van der Waals surface area contributed by atoms with E-state index < -0.39 is 35.3 Å². The van der Waals surface area contributed by atoms with Gasteiger partial charge in [-0.2, -0.15) is 13.2 Å². The van der Waals surface area contributed by atoms with E-state index in [2.05, 4.69) is 5.32 Å². The number of rotatable bonds is 9. The minimum Gasteiger partial charge on any atom is -0.495 e. The fraction of sp³-hybridized carbons (Fsp3) is 0.179. The van der Waals surface area contributed by atoms with Gasteiger partial charge in [0.15, 0.2) is 11.5 Å². The molecule has 0 atom stereocenters. The lowest BCUT2D eigenvalue weighted by Gasteiger charge is -2.16. The van der Waals surface area contributed by atoms with Gasteiger partial charge < -0.3 is 19.5 Å². The molecule has 8 nitrogen and oxygen atoms in total. The molecular weight excluding hydrogens is 585 g/mol. The number of halogens is 4. The fourth-order valence-electron chi connectivity index (χ4n) is 3.74. The van der Waals surface area contributed by atoms with Crippen LogP contribution in [0.3, 0.4) is 0 Å². The lowest BCUT2D eigenvalue weighted by atomic mass is 10.1. The van der Waals surface area contributed by atoms with Crippen LogP contribution >= 0.6 is 23.4 Å². The summed E-state index contributed by atoms with van der Waals surface area (Å²) in [5, 5.41) is 2.18. The first-order valence-electron chi connectivity index (χ1n) is 11.8. The normalized spacial score (nSPS) is 14.4. The molecule has 13 heteroatoms. The second-order valence-corrected chi connectivity index (χ2v) is 9.98. The highest BCUT2D eigenvalue weighted by Gasteiger charge is 2.37. The highest BCUT2D eigenvalue weighted by atomic mass is 35.5. The SMILES string of the molecule is COc1ccc(C(F)(F)F)cc1NC(=O)CN1C(=O)S/C(=C\c2ccc(OCc3ccc(Cl)cc3)c(OC)c2)C1=O. The molecule has 1 N–H and O–H groups in total. The average Bonchev–Trinajstić information content (AvgIpc) is 3.19. The summed E-state index contributed by atoms with van der Waals surface area (Å²) < 4.78 is 55.6. The average molecular weight is 607 g/mol. The second kappa shape index (κ2) is 12.6. The van der Waals surface area contributed by atoms with Gasteiger partial charge in [-0.25, -0.2) is 0 Å². The first kappa shape index (κ1) is 29.8. The first-order chi connectivity index (χ1) is 19.5. The predicted octanol–water partition coefficient (Wildman–Crippen LogP) is 6.63. The van der Waals surface area contributed by atoms with E-state index in [1.54, 1.807) is 30.3 Å². The summed E-state index contributed by atoms with van der Waals surface area (Å²) in [6, 6.07) is 14.7. The summed E-state index contributed by atoms with van der Waals surface area (Å²) in [4.78, 5) is 38.8. The zero-order chi connectivity index (χ0) is 29.7. The number of benzene rings is 3. The Bertz CT molecular complexity index is 1510. The van der Waals surface area contributed by atoms with Crippen LogP contribution in [0.15, 0.2) is 65.6 Å². The monoisotopic (exact) mass is 606 g/mol. The number of carbonyl (C=O) groups is 3. The van der Waals surface area contributed by atoms with Crippen LogP contribution in [0.1, 0.15) is 16.7 Å². The number of thioether (sulfide) groups is 1. The summed E-state index contributed by atoms with van der Waals surface area (Å²) in [7, 11) is 2.69. The van der Waals surface area contributed by atoms with E-state index in [0.29, 0.717) is 44.8 Å². The summed E-state index contributed by atoms with van der Waals surface area (Å²) in [5.74, 6) is -0.783. The number of imide groups is 1. The molecule has 0 aliphatic carbocycles. The van der Waals surface area contributed by atoms with Gasteiger partial charge >= 0.3 is 6.18 Å². The molecule has 1 saturated heterocycles. The van der Waals surface area contributed by atoms with Crippen LogP contribution in [-0.2, 0) is 22.4 Å². The molecule has 1 aliphatic heterocycles. The molecule has 1 heterocycles. The van der Waals surface area contributed by atoms with Gasteiger partial charge in [0.2, 0.25) is 5.91 Å². The van der Waals surface area contributed by atoms with E-state index in [0.717, 1.165) is 17.7 Å². The van der Waals surface area contributed by atoms with Gasteiger partial charge in [-0.3, -0.25) is 19.3 Å². The number of hydrogen-bond acceptors (Lipinski definition) is 7. The number of carbonyl (C=O) groups excluding carboxylic acids is 3. The van der Waals surface area contributed by atoms with E-state index in [9.17, 15) is 27.6 Å². The Morgan fingerprint density at radius 2 is 1.66 bits per heavy atom. The third-order valence-electron chi connectivity index (χ3n) is 5.77. The Morgan fingerprint density at radius 3 is 2.32 bits per heavy atom. The third-order valence-corrected chi connectivity index (χ3v) is 6.93. The molecule has 1 aliphatic rings. The molecule has 0 radical (unpaired) electrons. The van der Waals surface area contributed by atoms with Crippen molar-refractivity contribution in [2.75, 3.05) is 26.1 Å². The standard InChI is InChI=1S/C28H22ClF3N2O6S/c1-38-21-10-6-18(28(30,31)32)13-20(21)33-25(35)14-34-26(36)24(41-27(34)37)12-17-5-9-22(23(11-17)39-2)40-15-16-3-7-19(29)8-4-16/h3-13H,14-15H2,1-2H3,(H,33,35)/b24-12-. The maximum atomic E-state index is 13.1. The maximum absolute atomic E-state index is 13.1. The lowest BCUT2D eigenvalue weighted by Crippen LogP contribution is -2.36. The largest absolute Gasteiger partial charge is 0.495 e. The van der Waals surface area contributed by atoms with E-state index in [1.165, 1.54) is 20.3 Å². The van der Waals surface area contributed by atoms with Gasteiger partial charge in [-0.1, -0.05) is 29.8 Å². The van der Waals surface area contributed by atoms with Crippen LogP contribution in [0.25, 0.3) is 6.08 Å². The van der Waals surface area contributed by atoms with E-state index in [-0.39, 0.29) is 22.9 Å². The summed E-state index contributed by atoms with van der Waals surface area (Å²) in [6.45, 7) is -0.442. The van der Waals surface area contributed by atoms with Crippen molar-refractivity contribution in [3.63, 3.8) is 0 Å². The summed E-state index contributed by atoms with van der Waals surface area (Å²) in [6.07, 6.45) is -3.18. The van der Waals surface area contributed by atoms with Crippen molar-refractivity contribution in [1.82, 2.24) is 4.90 Å². The zero-order valence-corrected chi connectivity index (χ0v) is 23.2. The Labute approximate surface area is 242 Å². The van der Waals surface area contributed by atoms with Crippen LogP contribution in [0, 0.1) is 0 Å². The highest BCUT2D eigenvalue weighted by Crippen LogP contribution is 2.36. The molecule has 0 spiro atoms. The van der Waals surface area contributed by atoms with Crippen molar-refractivity contribution >= 4 is 52.2 Å². The fourth-order valence-corrected chi connectivity index (χ4v) is 4.70. The molecule has 0 bridgehead atoms. The molecule has 4 rings (SSSR count). The number of methoxy groups -OCH3 is 2. The van der Waals surface area contributed by atoms with Gasteiger partial charge in [0.05, 0.1) is 30.4 Å². The van der Waals surface area contributed by atoms with Crippen molar-refractivity contribution in [3.05, 3.63) is 87.3 Å². The van der Waals surface area contributed by atoms with E-state index >= 15 is 0 Å². The Hall–Kier alpha value is -4.16. The number of nitrogens with one attached hydrogen (secondary N) is 1. The third kappa shape index (κ3) is 7.33. The number of hydrogen-bond donors (Lipinski definition) is 1. The van der Waals surface area contributed by atoms with Gasteiger partial charge in [-0.05, 0) is 71.4 Å². The second-order valence-electron chi connectivity index (χ2n) is 8.55. The van der Waals surface area contributed by atoms with Gasteiger partial charge in [0.25, 0.3) is 11.1 Å². The molecule has 3 aromatic carbocycles. The molecule has 41 heavy (non-hydrogen) atoms. The number of anilines is 1. The number of nitrogens with zero attached hydrogens (tertiary/aromatic N) is 1. The number of ether oxygens (including phenoxy) is 3. The van der Waals surface area contributed by atoms with Crippen LogP contribution in [0.2, 0.25) is 5.02 Å². The quantitative estimate of drug-likeness (QED) is 0.273. The number of amides is 3. The van der Waals surface area contributed by atoms with E-state index in [4.69, 9.17) is 25.8 Å². The Kier molecular flexibility index (Phi) is 9.14. The Balaban J connectivity index is 1.44. The van der Waals surface area contributed by atoms with E-state index in [1.807, 2.05) is 12.1 Å². The topological polar surface area (TPSA) is 94.2 Å². The lowest BCUT2D eigenvalue weighted by molar-refractivity contribution is -0.137. The number of alkyl halides is 3. The first-order valence-corrected chi connectivity index (χ1v) is 13.0. The van der Waals surface area contributed by atoms with Gasteiger partial charge in [-0.15, -0.1) is 0 Å². The summed E-state index contributed by atoms with van der Waals surface area (Å²) >= 11 is 6.53. The minimum atomic E-state index is -4.65. The molecule has 0 saturated carbocycles. The van der Waals surface area contributed by atoms with Crippen LogP contribution in [0.4, 0.5) is 23.7 Å². The van der Waals surface area contributed by atoms with Crippen molar-refractivity contribution in [2.45, 2.75) is 12.8 Å². The summed E-state index contributed by atoms with van der Waals surface area (Å²) in [5.41, 5.74) is 0.175. The predicted molar refractivity (Wildman–Crippen MR) is 148 cm³/mol. The molecule has 0 unspecified atom stereocenters. The highest BCUT2D eigenvalue weighted by molar-refractivity contribution is 8.18. The minimum absolute atomic E-state index is 0.0186. The van der Waals surface area contributed by atoms with Crippen molar-refractivity contribution in [1.29, 1.82) is 0 Å². The molecule has 0 aromatic heterocycles. The van der Waals surface area contributed by atoms with Crippen molar-refractivity contribution in [3.8, 4) is 17.2 Å². The Morgan fingerprint density at radius 1 is 0.976 bits per heavy atom. The molecule has 3 amide bonds. The smallest absolute Gasteiger partial charge is 0.416 e. The van der Waals surface area contributed by atoms with Crippen LogP contribution in [-0.4, -0.2) is 42.7 Å². The van der Waals surface area contributed by atoms with Crippen molar-refractivity contribution < 1.29 is 41.8 Å².